The highest BCUT2D eigenvalue weighted by molar-refractivity contribution is 5.94. The van der Waals surface area contributed by atoms with E-state index in [1.807, 2.05) is 18.2 Å². The van der Waals surface area contributed by atoms with Gasteiger partial charge in [-0.15, -0.1) is 0 Å². The van der Waals surface area contributed by atoms with Crippen LogP contribution < -0.4 is 0 Å². The molecule has 21 heavy (non-hydrogen) atoms. The largest absolute Gasteiger partial charge is 0.383 e. The fourth-order valence-electron chi connectivity index (χ4n) is 1.86. The molecule has 0 saturated heterocycles. The molecule has 0 radical (unpaired) electrons. The average molecular weight is 289 g/mol. The van der Waals surface area contributed by atoms with Crippen molar-refractivity contribution >= 4 is 5.91 Å². The molecular weight excluding hydrogens is 273 g/mol. The minimum absolute atomic E-state index is 0.259. The molecule has 0 unspecified atom stereocenters. The van der Waals surface area contributed by atoms with Crippen LogP contribution in [0, 0.1) is 5.95 Å². The molecule has 5 nitrogen and oxygen atoms in total. The van der Waals surface area contributed by atoms with Gasteiger partial charge in [-0.1, -0.05) is 6.07 Å². The van der Waals surface area contributed by atoms with Crippen LogP contribution in [0.4, 0.5) is 4.39 Å². The Hall–Kier alpha value is -2.34. The van der Waals surface area contributed by atoms with Crippen molar-refractivity contribution in [2.75, 3.05) is 20.3 Å². The third-order valence-electron chi connectivity index (χ3n) is 2.91. The highest BCUT2D eigenvalue weighted by Crippen LogP contribution is 2.09. The standard InChI is InChI=1S/C15H16FN3O2/c1-21-9-8-19(11-13-4-2-3-6-17-13)15(20)12-5-7-18-14(16)10-12/h2-7,10H,8-9,11H2,1H3. The zero-order valence-corrected chi connectivity index (χ0v) is 11.7. The molecule has 110 valence electrons. The summed E-state index contributed by atoms with van der Waals surface area (Å²) in [5, 5.41) is 0. The van der Waals surface area contributed by atoms with Gasteiger partial charge in [-0.05, 0) is 18.2 Å². The van der Waals surface area contributed by atoms with Gasteiger partial charge >= 0.3 is 0 Å². The van der Waals surface area contributed by atoms with E-state index >= 15 is 0 Å². The number of rotatable bonds is 6. The quantitative estimate of drug-likeness (QED) is 0.762. The van der Waals surface area contributed by atoms with Crippen molar-refractivity contribution in [3.63, 3.8) is 0 Å². The van der Waals surface area contributed by atoms with Crippen LogP contribution in [0.5, 0.6) is 0 Å². The summed E-state index contributed by atoms with van der Waals surface area (Å²) >= 11 is 0. The lowest BCUT2D eigenvalue weighted by atomic mass is 10.2. The summed E-state index contributed by atoms with van der Waals surface area (Å²) in [5.41, 5.74) is 1.02. The molecule has 0 saturated carbocycles. The summed E-state index contributed by atoms with van der Waals surface area (Å²) in [6.07, 6.45) is 2.94. The van der Waals surface area contributed by atoms with Gasteiger partial charge in [-0.2, -0.15) is 4.39 Å². The highest BCUT2D eigenvalue weighted by Gasteiger charge is 2.17. The number of hydrogen-bond donors (Lipinski definition) is 0. The fraction of sp³-hybridized carbons (Fsp3) is 0.267. The Morgan fingerprint density at radius 3 is 2.81 bits per heavy atom. The van der Waals surface area contributed by atoms with Crippen LogP contribution in [0.25, 0.3) is 0 Å². The molecule has 2 aromatic rings. The van der Waals surface area contributed by atoms with Crippen LogP contribution >= 0.6 is 0 Å². The topological polar surface area (TPSA) is 55.3 Å². The third kappa shape index (κ3) is 4.32. The number of amides is 1. The van der Waals surface area contributed by atoms with Gasteiger partial charge in [0.1, 0.15) is 0 Å². The molecule has 0 fully saturated rings. The van der Waals surface area contributed by atoms with Crippen molar-refractivity contribution in [1.29, 1.82) is 0 Å². The van der Waals surface area contributed by atoms with Crippen molar-refractivity contribution in [3.8, 4) is 0 Å². The Labute approximate surface area is 122 Å². The molecule has 2 aromatic heterocycles. The minimum Gasteiger partial charge on any atom is -0.383 e. The molecule has 0 bridgehead atoms. The summed E-state index contributed by atoms with van der Waals surface area (Å²) in [7, 11) is 1.57. The average Bonchev–Trinajstić information content (AvgIpc) is 2.51. The monoisotopic (exact) mass is 289 g/mol. The van der Waals surface area contributed by atoms with Gasteiger partial charge in [0.25, 0.3) is 5.91 Å². The molecule has 6 heteroatoms. The van der Waals surface area contributed by atoms with E-state index in [9.17, 15) is 9.18 Å². The Balaban J connectivity index is 2.17. The Bertz CT molecular complexity index is 592. The molecule has 2 heterocycles. The molecule has 0 atom stereocenters. The first-order valence-electron chi connectivity index (χ1n) is 6.50. The number of ether oxygens (including phenoxy) is 1. The molecule has 0 aromatic carbocycles. The van der Waals surface area contributed by atoms with Crippen molar-refractivity contribution in [3.05, 3.63) is 59.9 Å². The predicted molar refractivity (Wildman–Crippen MR) is 75.0 cm³/mol. The van der Waals surface area contributed by atoms with Crippen LogP contribution in [-0.4, -0.2) is 41.0 Å². The van der Waals surface area contributed by atoms with Gasteiger partial charge in [0.15, 0.2) is 0 Å². The maximum atomic E-state index is 13.2. The van der Waals surface area contributed by atoms with E-state index in [4.69, 9.17) is 4.74 Å². The lowest BCUT2D eigenvalue weighted by Crippen LogP contribution is -2.33. The van der Waals surface area contributed by atoms with Crippen molar-refractivity contribution in [1.82, 2.24) is 14.9 Å². The molecular formula is C15H16FN3O2. The van der Waals surface area contributed by atoms with Crippen molar-refractivity contribution < 1.29 is 13.9 Å². The van der Waals surface area contributed by atoms with E-state index in [-0.39, 0.29) is 11.5 Å². The molecule has 0 aliphatic heterocycles. The van der Waals surface area contributed by atoms with E-state index < -0.39 is 5.95 Å². The number of methoxy groups -OCH3 is 1. The maximum absolute atomic E-state index is 13.2. The predicted octanol–water partition coefficient (Wildman–Crippen LogP) is 1.90. The minimum atomic E-state index is -0.676. The number of halogens is 1. The fourth-order valence-corrected chi connectivity index (χ4v) is 1.86. The Morgan fingerprint density at radius 2 is 2.14 bits per heavy atom. The van der Waals surface area contributed by atoms with Crippen LogP contribution in [0.1, 0.15) is 16.1 Å². The Kier molecular flexibility index (Phi) is 5.34. The van der Waals surface area contributed by atoms with E-state index in [1.54, 1.807) is 18.2 Å². The van der Waals surface area contributed by atoms with Gasteiger partial charge in [-0.3, -0.25) is 9.78 Å². The summed E-state index contributed by atoms with van der Waals surface area (Å²) in [4.78, 5) is 21.7. The molecule has 1 amide bonds. The first-order chi connectivity index (χ1) is 10.2. The summed E-state index contributed by atoms with van der Waals surface area (Å²) in [6.45, 7) is 1.13. The molecule has 0 aliphatic rings. The van der Waals surface area contributed by atoms with Crippen LogP contribution in [0.3, 0.4) is 0 Å². The maximum Gasteiger partial charge on any atom is 0.254 e. The smallest absolute Gasteiger partial charge is 0.254 e. The zero-order valence-electron chi connectivity index (χ0n) is 11.7. The summed E-state index contributed by atoms with van der Waals surface area (Å²) in [5.74, 6) is -0.954. The first-order valence-corrected chi connectivity index (χ1v) is 6.50. The van der Waals surface area contributed by atoms with Crippen molar-refractivity contribution in [2.24, 2.45) is 0 Å². The van der Waals surface area contributed by atoms with Gasteiger partial charge in [0.2, 0.25) is 5.95 Å². The van der Waals surface area contributed by atoms with Gasteiger partial charge in [0, 0.05) is 37.7 Å². The zero-order chi connectivity index (χ0) is 15.1. The van der Waals surface area contributed by atoms with Gasteiger partial charge in [0.05, 0.1) is 18.8 Å². The second-order valence-electron chi connectivity index (χ2n) is 4.41. The number of nitrogens with zero attached hydrogens (tertiary/aromatic N) is 3. The van der Waals surface area contributed by atoms with E-state index in [0.717, 1.165) is 11.8 Å². The van der Waals surface area contributed by atoms with Crippen LogP contribution in [0.2, 0.25) is 0 Å². The summed E-state index contributed by atoms with van der Waals surface area (Å²) < 4.78 is 18.2. The van der Waals surface area contributed by atoms with Crippen LogP contribution in [-0.2, 0) is 11.3 Å². The Morgan fingerprint density at radius 1 is 1.29 bits per heavy atom. The second-order valence-corrected chi connectivity index (χ2v) is 4.41. The lowest BCUT2D eigenvalue weighted by molar-refractivity contribution is 0.0677. The number of aromatic nitrogens is 2. The first kappa shape index (κ1) is 15.1. The molecule has 2 rings (SSSR count). The normalized spacial score (nSPS) is 10.4. The van der Waals surface area contributed by atoms with Gasteiger partial charge in [-0.25, -0.2) is 4.98 Å². The molecule has 0 aliphatic carbocycles. The van der Waals surface area contributed by atoms with E-state index in [2.05, 4.69) is 9.97 Å². The lowest BCUT2D eigenvalue weighted by Gasteiger charge is -2.22. The number of carbonyl (C=O) groups is 1. The number of carbonyl (C=O) groups excluding carboxylic acids is 1. The molecule has 0 N–H and O–H groups in total. The van der Waals surface area contributed by atoms with Gasteiger partial charge < -0.3 is 9.64 Å². The van der Waals surface area contributed by atoms with Crippen LogP contribution in [0.15, 0.2) is 42.7 Å². The highest BCUT2D eigenvalue weighted by atomic mass is 19.1. The van der Waals surface area contributed by atoms with E-state index in [1.165, 1.54) is 12.3 Å². The van der Waals surface area contributed by atoms with Crippen molar-refractivity contribution in [2.45, 2.75) is 6.54 Å². The second kappa shape index (κ2) is 7.44. The number of hydrogen-bond acceptors (Lipinski definition) is 4. The third-order valence-corrected chi connectivity index (χ3v) is 2.91. The SMILES string of the molecule is COCCN(Cc1ccccn1)C(=O)c1ccnc(F)c1. The summed E-state index contributed by atoms with van der Waals surface area (Å²) in [6, 6.07) is 8.11. The molecule has 0 spiro atoms. The van der Waals surface area contributed by atoms with E-state index in [0.29, 0.717) is 19.7 Å². The number of pyridine rings is 2.